The van der Waals surface area contributed by atoms with Gasteiger partial charge in [-0.2, -0.15) is 4.31 Å². The van der Waals surface area contributed by atoms with Crippen LogP contribution in [-0.2, 0) is 10.0 Å². The van der Waals surface area contributed by atoms with Crippen molar-refractivity contribution in [2.24, 2.45) is 5.41 Å². The smallest absolute Gasteiger partial charge is 0.212 e. The van der Waals surface area contributed by atoms with E-state index in [4.69, 9.17) is 4.11 Å². The zero-order chi connectivity index (χ0) is 18.9. The molecule has 0 radical (unpaired) electrons. The molecule has 0 aliphatic heterocycles. The van der Waals surface area contributed by atoms with Crippen LogP contribution in [0.2, 0.25) is 0 Å². The van der Waals surface area contributed by atoms with E-state index in [1.54, 1.807) is 25.7 Å². The lowest BCUT2D eigenvalue weighted by Crippen LogP contribution is -2.55. The van der Waals surface area contributed by atoms with Gasteiger partial charge in [-0.15, -0.1) is 0 Å². The largest absolute Gasteiger partial charge is 0.284 e. The average molecular weight is 362 g/mol. The third-order valence-corrected chi connectivity index (χ3v) is 4.76. The zero-order valence-electron chi connectivity index (χ0n) is 16.7. The molecule has 0 fully saturated rings. The minimum Gasteiger partial charge on any atom is -0.284 e. The summed E-state index contributed by atoms with van der Waals surface area (Å²) in [4.78, 5) is 1.68. The highest BCUT2D eigenvalue weighted by Gasteiger charge is 2.34. The first-order valence-electron chi connectivity index (χ1n) is 8.28. The molecule has 0 aromatic carbocycles. The van der Waals surface area contributed by atoms with Crippen LogP contribution in [0.1, 0.15) is 74.9 Å². The van der Waals surface area contributed by atoms with Gasteiger partial charge in [-0.1, -0.05) is 43.1 Å². The van der Waals surface area contributed by atoms with Gasteiger partial charge >= 0.3 is 0 Å². The summed E-state index contributed by atoms with van der Waals surface area (Å²) in [6.45, 7) is 12.0. The van der Waals surface area contributed by atoms with Crippen molar-refractivity contribution in [1.29, 1.82) is 0 Å². The van der Waals surface area contributed by atoms with Gasteiger partial charge in [0.25, 0.3) is 0 Å². The summed E-state index contributed by atoms with van der Waals surface area (Å²) in [5.74, 6) is 0. The number of nitrogens with zero attached hydrogens (tertiary/aromatic N) is 2. The van der Waals surface area contributed by atoms with Gasteiger partial charge in [-0.3, -0.25) is 4.90 Å². The minimum atomic E-state index is -4.52. The summed E-state index contributed by atoms with van der Waals surface area (Å²) < 4.78 is 60.8. The number of sulfonamides is 1. The Morgan fingerprint density at radius 1 is 1.09 bits per heavy atom. The highest BCUT2D eigenvalue weighted by molar-refractivity contribution is 7.88. The Balaban J connectivity index is -0.000000807. The first-order chi connectivity index (χ1) is 9.96. The van der Waals surface area contributed by atoms with Crippen molar-refractivity contribution in [2.45, 2.75) is 82.3 Å². The molecule has 4 nitrogen and oxygen atoms in total. The summed E-state index contributed by atoms with van der Waals surface area (Å²) in [6.07, 6.45) is -3.15. The highest BCUT2D eigenvalue weighted by Crippen LogP contribution is 2.26. The van der Waals surface area contributed by atoms with E-state index in [1.165, 1.54) is 0 Å². The number of alkyl halides is 1. The van der Waals surface area contributed by atoms with E-state index in [9.17, 15) is 12.8 Å². The van der Waals surface area contributed by atoms with Gasteiger partial charge in [0.15, 0.2) is 0 Å². The van der Waals surface area contributed by atoms with Crippen molar-refractivity contribution in [2.75, 3.05) is 26.1 Å². The zero-order valence-corrected chi connectivity index (χ0v) is 14.5. The molecule has 0 aromatic rings. The third kappa shape index (κ3) is 10.3. The summed E-state index contributed by atoms with van der Waals surface area (Å²) in [7, 11) is -4.52. The maximum atomic E-state index is 12.9. The molecule has 0 spiro atoms. The fourth-order valence-corrected chi connectivity index (χ4v) is 2.88. The van der Waals surface area contributed by atoms with Crippen LogP contribution >= 0.6 is 0 Å². The van der Waals surface area contributed by atoms with Crippen LogP contribution in [0.15, 0.2) is 0 Å². The van der Waals surface area contributed by atoms with E-state index in [-0.39, 0.29) is 47.0 Å². The quantitative estimate of drug-likeness (QED) is 0.648. The molecule has 146 valence electrons. The molecular formula is C17H43FN2O2S. The van der Waals surface area contributed by atoms with Crippen LogP contribution in [0.5, 0.6) is 0 Å². The third-order valence-electron chi connectivity index (χ3n) is 3.52. The van der Waals surface area contributed by atoms with Crippen LogP contribution in [0.25, 0.3) is 0 Å². The SMILES string of the molecule is C.C.C.[2H]C([2H])([2H])S(=O)(=O)N(CN(CCF)C(C)C(C)(C)C)C(C)(C)C. The summed E-state index contributed by atoms with van der Waals surface area (Å²) >= 11 is 0. The van der Waals surface area contributed by atoms with Crippen LogP contribution in [-0.4, -0.2) is 55.3 Å². The second-order valence-electron chi connectivity index (χ2n) is 7.21. The Morgan fingerprint density at radius 3 is 1.78 bits per heavy atom. The Bertz CT molecular complexity index is 484. The number of halogens is 1. The second kappa shape index (κ2) is 10.6. The molecule has 0 bridgehead atoms. The molecule has 0 aromatic heterocycles. The molecule has 0 N–H and O–H groups in total. The van der Waals surface area contributed by atoms with Crippen LogP contribution < -0.4 is 0 Å². The molecule has 0 aliphatic carbocycles. The van der Waals surface area contributed by atoms with Crippen LogP contribution in [0.4, 0.5) is 4.39 Å². The van der Waals surface area contributed by atoms with Gasteiger partial charge in [0.1, 0.15) is 6.67 Å². The average Bonchev–Trinajstić information content (AvgIpc) is 2.28. The molecule has 0 saturated heterocycles. The minimum absolute atomic E-state index is 0. The summed E-state index contributed by atoms with van der Waals surface area (Å²) in [6, 6.07) is -0.130. The van der Waals surface area contributed by atoms with Gasteiger partial charge in [-0.25, -0.2) is 12.8 Å². The van der Waals surface area contributed by atoms with Crippen molar-refractivity contribution in [3.63, 3.8) is 0 Å². The molecule has 0 aliphatic rings. The van der Waals surface area contributed by atoms with Crippen molar-refractivity contribution in [3.8, 4) is 0 Å². The Kier molecular flexibility index (Phi) is 10.5. The molecular weight excluding hydrogens is 315 g/mol. The lowest BCUT2D eigenvalue weighted by Gasteiger charge is -2.43. The predicted molar refractivity (Wildman–Crippen MR) is 103 cm³/mol. The van der Waals surface area contributed by atoms with Gasteiger partial charge in [-0.05, 0) is 33.1 Å². The van der Waals surface area contributed by atoms with E-state index in [1.807, 2.05) is 27.7 Å². The fraction of sp³-hybridized carbons (Fsp3) is 1.00. The first kappa shape index (κ1) is 22.8. The Morgan fingerprint density at radius 2 is 1.52 bits per heavy atom. The van der Waals surface area contributed by atoms with E-state index in [2.05, 4.69) is 0 Å². The molecule has 6 heteroatoms. The van der Waals surface area contributed by atoms with Crippen LogP contribution in [0.3, 0.4) is 0 Å². The van der Waals surface area contributed by atoms with Gasteiger partial charge < -0.3 is 0 Å². The van der Waals surface area contributed by atoms with Crippen molar-refractivity contribution < 1.29 is 16.9 Å². The Hall–Kier alpha value is -0.200. The van der Waals surface area contributed by atoms with Gasteiger partial charge in [0.2, 0.25) is 10.0 Å². The standard InChI is InChI=1S/C14H31FN2O2S.3CH4/c1-12(13(2,3)4)16(10-9-15)11-17(14(5,6)7)20(8,18)19;;;/h12H,9-11H2,1-8H3;3*1H4/i8D3;;;. The highest BCUT2D eigenvalue weighted by atomic mass is 32.2. The van der Waals surface area contributed by atoms with Crippen molar-refractivity contribution in [3.05, 3.63) is 0 Å². The number of rotatable bonds is 6. The molecule has 0 amide bonds. The van der Waals surface area contributed by atoms with Gasteiger partial charge in [0.05, 0.1) is 12.9 Å². The summed E-state index contributed by atoms with van der Waals surface area (Å²) in [5, 5.41) is 0. The normalized spacial score (nSPS) is 16.3. The molecule has 1 unspecified atom stereocenters. The number of hydrogen-bond acceptors (Lipinski definition) is 3. The lowest BCUT2D eigenvalue weighted by atomic mass is 9.87. The monoisotopic (exact) mass is 361 g/mol. The maximum Gasteiger partial charge on any atom is 0.212 e. The fourth-order valence-electron chi connectivity index (χ4n) is 1.86. The predicted octanol–water partition coefficient (Wildman–Crippen LogP) is 4.62. The number of hydrogen-bond donors (Lipinski definition) is 0. The first-order valence-corrected chi connectivity index (χ1v) is 8.22. The van der Waals surface area contributed by atoms with E-state index < -0.39 is 28.4 Å². The van der Waals surface area contributed by atoms with Crippen molar-refractivity contribution in [1.82, 2.24) is 9.21 Å². The molecule has 0 saturated carbocycles. The van der Waals surface area contributed by atoms with E-state index in [0.717, 1.165) is 4.31 Å². The van der Waals surface area contributed by atoms with Crippen molar-refractivity contribution >= 4 is 10.0 Å². The lowest BCUT2D eigenvalue weighted by molar-refractivity contribution is 0.0498. The van der Waals surface area contributed by atoms with E-state index >= 15 is 0 Å². The maximum absolute atomic E-state index is 12.9. The Labute approximate surface area is 150 Å². The van der Waals surface area contributed by atoms with E-state index in [0.29, 0.717) is 0 Å². The van der Waals surface area contributed by atoms with Crippen LogP contribution in [0, 0.1) is 5.41 Å². The van der Waals surface area contributed by atoms with Gasteiger partial charge in [0, 0.05) is 22.2 Å². The second-order valence-corrected chi connectivity index (χ2v) is 8.60. The molecule has 0 heterocycles. The molecule has 23 heavy (non-hydrogen) atoms. The topological polar surface area (TPSA) is 40.6 Å². The molecule has 1 atom stereocenters. The molecule has 0 rings (SSSR count). The summed E-state index contributed by atoms with van der Waals surface area (Å²) in [5.41, 5.74) is -1.14.